The highest BCUT2D eigenvalue weighted by molar-refractivity contribution is 5.76. The topological polar surface area (TPSA) is 55.8 Å². The second kappa shape index (κ2) is 7.88. The van der Waals surface area contributed by atoms with Crippen molar-refractivity contribution >= 4 is 11.6 Å². The van der Waals surface area contributed by atoms with E-state index in [1.54, 1.807) is 12.1 Å². The number of amides is 1. The molecule has 24 heavy (non-hydrogen) atoms. The third kappa shape index (κ3) is 4.20. The lowest BCUT2D eigenvalue weighted by Gasteiger charge is -2.37. The molecule has 2 saturated heterocycles. The summed E-state index contributed by atoms with van der Waals surface area (Å²) in [7, 11) is 0. The van der Waals surface area contributed by atoms with Gasteiger partial charge in [-0.1, -0.05) is 6.92 Å². The van der Waals surface area contributed by atoms with E-state index >= 15 is 0 Å². The predicted octanol–water partition coefficient (Wildman–Crippen LogP) is 2.07. The van der Waals surface area contributed by atoms with Crippen LogP contribution in [0.15, 0.2) is 24.3 Å². The lowest BCUT2D eigenvalue weighted by molar-refractivity contribution is -0.132. The van der Waals surface area contributed by atoms with Gasteiger partial charge in [0.2, 0.25) is 5.91 Å². The summed E-state index contributed by atoms with van der Waals surface area (Å²) in [6.07, 6.45) is 3.15. The largest absolute Gasteiger partial charge is 0.508 e. The number of hydrogen-bond donors (Lipinski definition) is 2. The van der Waals surface area contributed by atoms with Crippen LogP contribution in [0.5, 0.6) is 5.75 Å². The molecule has 5 nitrogen and oxygen atoms in total. The van der Waals surface area contributed by atoms with Crippen LogP contribution in [0.2, 0.25) is 0 Å². The van der Waals surface area contributed by atoms with Crippen molar-refractivity contribution in [1.29, 1.82) is 0 Å². The van der Waals surface area contributed by atoms with Crippen molar-refractivity contribution in [2.45, 2.75) is 26.2 Å². The monoisotopic (exact) mass is 331 g/mol. The van der Waals surface area contributed by atoms with Crippen molar-refractivity contribution in [2.24, 2.45) is 11.8 Å². The van der Waals surface area contributed by atoms with Crippen LogP contribution in [0.4, 0.5) is 5.69 Å². The van der Waals surface area contributed by atoms with Gasteiger partial charge in [0, 0.05) is 38.3 Å². The molecule has 2 unspecified atom stereocenters. The molecule has 0 radical (unpaired) electrons. The SMILES string of the molecule is CC(CC(=O)N1CCN(c2ccc(O)cc2)CC1)C1CCCNC1. The molecule has 2 fully saturated rings. The number of carbonyl (C=O) groups excluding carboxylic acids is 1. The van der Waals surface area contributed by atoms with Crippen LogP contribution < -0.4 is 10.2 Å². The number of anilines is 1. The van der Waals surface area contributed by atoms with Gasteiger partial charge in [0.25, 0.3) is 0 Å². The summed E-state index contributed by atoms with van der Waals surface area (Å²) < 4.78 is 0. The summed E-state index contributed by atoms with van der Waals surface area (Å²) >= 11 is 0. The Bertz CT molecular complexity index is 532. The van der Waals surface area contributed by atoms with Gasteiger partial charge < -0.3 is 20.2 Å². The Morgan fingerprint density at radius 1 is 1.25 bits per heavy atom. The maximum atomic E-state index is 12.6. The summed E-state index contributed by atoms with van der Waals surface area (Å²) in [4.78, 5) is 16.9. The van der Waals surface area contributed by atoms with E-state index in [0.717, 1.165) is 45.0 Å². The number of rotatable bonds is 4. The van der Waals surface area contributed by atoms with Gasteiger partial charge in [-0.2, -0.15) is 0 Å². The number of piperazine rings is 1. The third-order valence-corrected chi connectivity index (χ3v) is 5.48. The first-order valence-electron chi connectivity index (χ1n) is 9.16. The normalized spacial score (nSPS) is 23.1. The van der Waals surface area contributed by atoms with Gasteiger partial charge in [0.1, 0.15) is 5.75 Å². The molecule has 2 heterocycles. The Morgan fingerprint density at radius 3 is 2.58 bits per heavy atom. The van der Waals surface area contributed by atoms with E-state index in [2.05, 4.69) is 17.1 Å². The smallest absolute Gasteiger partial charge is 0.222 e. The van der Waals surface area contributed by atoms with Crippen molar-refractivity contribution in [3.8, 4) is 5.75 Å². The molecule has 0 aromatic heterocycles. The molecular formula is C19H29N3O2. The van der Waals surface area contributed by atoms with Crippen LogP contribution in [0.25, 0.3) is 0 Å². The van der Waals surface area contributed by atoms with Crippen LogP contribution in [0, 0.1) is 11.8 Å². The zero-order valence-corrected chi connectivity index (χ0v) is 14.6. The van der Waals surface area contributed by atoms with Crippen molar-refractivity contribution < 1.29 is 9.90 Å². The van der Waals surface area contributed by atoms with Gasteiger partial charge in [-0.25, -0.2) is 0 Å². The zero-order valence-electron chi connectivity index (χ0n) is 14.6. The van der Waals surface area contributed by atoms with Crippen LogP contribution in [-0.4, -0.2) is 55.2 Å². The summed E-state index contributed by atoms with van der Waals surface area (Å²) in [5, 5.41) is 12.8. The molecule has 1 aromatic carbocycles. The van der Waals surface area contributed by atoms with Crippen LogP contribution in [0.3, 0.4) is 0 Å². The molecule has 0 bridgehead atoms. The van der Waals surface area contributed by atoms with Crippen LogP contribution in [-0.2, 0) is 4.79 Å². The maximum Gasteiger partial charge on any atom is 0.222 e. The molecule has 1 amide bonds. The fourth-order valence-corrected chi connectivity index (χ4v) is 3.81. The lowest BCUT2D eigenvalue weighted by Crippen LogP contribution is -2.49. The molecule has 3 rings (SSSR count). The molecule has 1 aromatic rings. The Hall–Kier alpha value is -1.75. The third-order valence-electron chi connectivity index (χ3n) is 5.48. The Kier molecular flexibility index (Phi) is 5.61. The van der Waals surface area contributed by atoms with E-state index in [0.29, 0.717) is 29.9 Å². The number of piperidine rings is 1. The molecule has 5 heteroatoms. The van der Waals surface area contributed by atoms with Crippen molar-refractivity contribution in [2.75, 3.05) is 44.2 Å². The van der Waals surface area contributed by atoms with Gasteiger partial charge >= 0.3 is 0 Å². The number of nitrogens with one attached hydrogen (secondary N) is 1. The standard InChI is InChI=1S/C19H29N3O2/c1-15(16-3-2-8-20-14-16)13-19(24)22-11-9-21(10-12-22)17-4-6-18(23)7-5-17/h4-7,15-16,20,23H,2-3,8-14H2,1H3. The lowest BCUT2D eigenvalue weighted by atomic mass is 9.85. The molecule has 0 aliphatic carbocycles. The molecule has 2 N–H and O–H groups in total. The number of phenolic OH excluding ortho intramolecular Hbond substituents is 1. The number of hydrogen-bond acceptors (Lipinski definition) is 4. The van der Waals surface area contributed by atoms with E-state index in [1.807, 2.05) is 17.0 Å². The van der Waals surface area contributed by atoms with Crippen LogP contribution >= 0.6 is 0 Å². The highest BCUT2D eigenvalue weighted by atomic mass is 16.3. The average molecular weight is 331 g/mol. The first-order chi connectivity index (χ1) is 11.6. The molecule has 0 saturated carbocycles. The van der Waals surface area contributed by atoms with Crippen molar-refractivity contribution in [3.05, 3.63) is 24.3 Å². The van der Waals surface area contributed by atoms with E-state index in [9.17, 15) is 9.90 Å². The highest BCUT2D eigenvalue weighted by Crippen LogP contribution is 2.24. The van der Waals surface area contributed by atoms with E-state index < -0.39 is 0 Å². The maximum absolute atomic E-state index is 12.6. The quantitative estimate of drug-likeness (QED) is 0.887. The number of benzene rings is 1. The highest BCUT2D eigenvalue weighted by Gasteiger charge is 2.26. The minimum Gasteiger partial charge on any atom is -0.508 e. The number of nitrogens with zero attached hydrogens (tertiary/aromatic N) is 2. The Balaban J connectivity index is 1.47. The minimum atomic E-state index is 0.291. The van der Waals surface area contributed by atoms with Gasteiger partial charge in [0.05, 0.1) is 0 Å². The molecule has 2 atom stereocenters. The minimum absolute atomic E-state index is 0.291. The van der Waals surface area contributed by atoms with Crippen molar-refractivity contribution in [3.63, 3.8) is 0 Å². The first kappa shape index (κ1) is 17.1. The van der Waals surface area contributed by atoms with Gasteiger partial charge in [0.15, 0.2) is 0 Å². The average Bonchev–Trinajstić information content (AvgIpc) is 2.63. The Labute approximate surface area is 144 Å². The molecular weight excluding hydrogens is 302 g/mol. The van der Waals surface area contributed by atoms with Gasteiger partial charge in [-0.05, 0) is 62.0 Å². The fourth-order valence-electron chi connectivity index (χ4n) is 3.81. The van der Waals surface area contributed by atoms with E-state index in [-0.39, 0.29) is 0 Å². The second-order valence-corrected chi connectivity index (χ2v) is 7.17. The summed E-state index contributed by atoms with van der Waals surface area (Å²) in [6.45, 7) is 7.69. The first-order valence-corrected chi connectivity index (χ1v) is 9.16. The predicted molar refractivity (Wildman–Crippen MR) is 96.3 cm³/mol. The summed E-state index contributed by atoms with van der Waals surface area (Å²) in [5.74, 6) is 1.69. The summed E-state index contributed by atoms with van der Waals surface area (Å²) in [6, 6.07) is 7.30. The molecule has 2 aliphatic heterocycles. The second-order valence-electron chi connectivity index (χ2n) is 7.17. The molecule has 132 valence electrons. The van der Waals surface area contributed by atoms with Gasteiger partial charge in [-0.3, -0.25) is 4.79 Å². The Morgan fingerprint density at radius 2 is 1.96 bits per heavy atom. The van der Waals surface area contributed by atoms with E-state index in [4.69, 9.17) is 0 Å². The van der Waals surface area contributed by atoms with E-state index in [1.165, 1.54) is 12.8 Å². The fraction of sp³-hybridized carbons (Fsp3) is 0.632. The molecule has 2 aliphatic rings. The number of phenols is 1. The van der Waals surface area contributed by atoms with Crippen molar-refractivity contribution in [1.82, 2.24) is 10.2 Å². The molecule has 0 spiro atoms. The number of aromatic hydroxyl groups is 1. The number of carbonyl (C=O) groups is 1. The summed E-state index contributed by atoms with van der Waals surface area (Å²) in [5.41, 5.74) is 1.11. The zero-order chi connectivity index (χ0) is 16.9. The van der Waals surface area contributed by atoms with Gasteiger partial charge in [-0.15, -0.1) is 0 Å². The van der Waals surface area contributed by atoms with Crippen LogP contribution in [0.1, 0.15) is 26.2 Å².